The second kappa shape index (κ2) is 8.35. The first-order valence-corrected chi connectivity index (χ1v) is 7.42. The molecular formula is C18H23NO3. The highest BCUT2D eigenvalue weighted by molar-refractivity contribution is 5.98. The normalized spacial score (nSPS) is 11.2. The minimum atomic E-state index is -0.587. The summed E-state index contributed by atoms with van der Waals surface area (Å²) < 4.78 is 10.4. The van der Waals surface area contributed by atoms with Crippen LogP contribution < -0.4 is 0 Å². The Balaban J connectivity index is 3.34. The predicted molar refractivity (Wildman–Crippen MR) is 86.2 cm³/mol. The molecule has 4 nitrogen and oxygen atoms in total. The number of nitrogens with zero attached hydrogens (tertiary/aromatic N) is 1. The first-order chi connectivity index (χ1) is 10.5. The maximum absolute atomic E-state index is 11.8. The van der Waals surface area contributed by atoms with Gasteiger partial charge >= 0.3 is 5.97 Å². The van der Waals surface area contributed by atoms with E-state index in [1.807, 2.05) is 39.8 Å². The van der Waals surface area contributed by atoms with E-state index in [-0.39, 0.29) is 12.2 Å². The lowest BCUT2D eigenvalue weighted by Gasteiger charge is -2.15. The minimum absolute atomic E-state index is 0.0132. The zero-order chi connectivity index (χ0) is 16.7. The Morgan fingerprint density at radius 1 is 1.23 bits per heavy atom. The van der Waals surface area contributed by atoms with Gasteiger partial charge < -0.3 is 9.47 Å². The minimum Gasteiger partial charge on any atom is -0.462 e. The van der Waals surface area contributed by atoms with E-state index in [0.29, 0.717) is 13.2 Å². The molecule has 0 amide bonds. The molecule has 118 valence electrons. The molecular weight excluding hydrogens is 278 g/mol. The largest absolute Gasteiger partial charge is 0.462 e. The predicted octanol–water partition coefficient (Wildman–Crippen LogP) is 3.62. The molecule has 0 radical (unpaired) electrons. The topological polar surface area (TPSA) is 59.3 Å². The van der Waals surface area contributed by atoms with Crippen molar-refractivity contribution >= 4 is 12.0 Å². The Morgan fingerprint density at radius 3 is 2.45 bits per heavy atom. The van der Waals surface area contributed by atoms with Crippen molar-refractivity contribution in [1.29, 1.82) is 5.26 Å². The zero-order valence-electron chi connectivity index (χ0n) is 13.9. The molecule has 0 atom stereocenters. The van der Waals surface area contributed by atoms with E-state index >= 15 is 0 Å². The third-order valence-corrected chi connectivity index (χ3v) is 3.55. The molecule has 0 aliphatic rings. The fourth-order valence-electron chi connectivity index (χ4n) is 2.38. The average molecular weight is 301 g/mol. The van der Waals surface area contributed by atoms with Crippen LogP contribution in [0, 0.1) is 32.1 Å². The number of aryl methyl sites for hydroxylation is 2. The number of hydrogen-bond acceptors (Lipinski definition) is 4. The van der Waals surface area contributed by atoms with E-state index in [4.69, 9.17) is 9.47 Å². The molecule has 0 fully saturated rings. The van der Waals surface area contributed by atoms with E-state index in [0.717, 1.165) is 27.8 Å². The average Bonchev–Trinajstić information content (AvgIpc) is 2.47. The summed E-state index contributed by atoms with van der Waals surface area (Å²) in [4.78, 5) is 11.8. The molecule has 1 rings (SSSR count). The molecule has 4 heteroatoms. The molecule has 1 aromatic rings. The molecule has 0 spiro atoms. The standard InChI is InChI=1S/C18H23NO3/c1-6-21-11-17-13(4)8-12(3)16(14(17)5)9-15(10-19)18(20)22-7-2/h8-9H,6-7,11H2,1-5H3/b15-9+. The highest BCUT2D eigenvalue weighted by atomic mass is 16.5. The van der Waals surface area contributed by atoms with Gasteiger partial charge in [-0.2, -0.15) is 5.26 Å². The highest BCUT2D eigenvalue weighted by Gasteiger charge is 2.14. The summed E-state index contributed by atoms with van der Waals surface area (Å²) in [7, 11) is 0. The lowest BCUT2D eigenvalue weighted by atomic mass is 9.92. The Morgan fingerprint density at radius 2 is 1.91 bits per heavy atom. The highest BCUT2D eigenvalue weighted by Crippen LogP contribution is 2.25. The van der Waals surface area contributed by atoms with E-state index in [2.05, 4.69) is 0 Å². The number of nitriles is 1. The molecule has 0 aromatic heterocycles. The van der Waals surface area contributed by atoms with Crippen molar-refractivity contribution in [3.05, 3.63) is 39.5 Å². The van der Waals surface area contributed by atoms with Crippen LogP contribution in [0.3, 0.4) is 0 Å². The summed E-state index contributed by atoms with van der Waals surface area (Å²) >= 11 is 0. The number of benzene rings is 1. The third-order valence-electron chi connectivity index (χ3n) is 3.55. The summed E-state index contributed by atoms with van der Waals surface area (Å²) in [5.41, 5.74) is 5.19. The molecule has 22 heavy (non-hydrogen) atoms. The molecule has 1 aromatic carbocycles. The van der Waals surface area contributed by atoms with Gasteiger partial charge in [0.05, 0.1) is 13.2 Å². The summed E-state index contributed by atoms with van der Waals surface area (Å²) in [6.45, 7) is 11.1. The van der Waals surface area contributed by atoms with Gasteiger partial charge in [0, 0.05) is 6.61 Å². The van der Waals surface area contributed by atoms with E-state index in [1.165, 1.54) is 0 Å². The fourth-order valence-corrected chi connectivity index (χ4v) is 2.38. The van der Waals surface area contributed by atoms with Crippen LogP contribution in [0.4, 0.5) is 0 Å². The first-order valence-electron chi connectivity index (χ1n) is 7.42. The van der Waals surface area contributed by atoms with Crippen molar-refractivity contribution in [2.24, 2.45) is 0 Å². The second-order valence-electron chi connectivity index (χ2n) is 5.06. The zero-order valence-corrected chi connectivity index (χ0v) is 13.9. The molecule has 0 bridgehead atoms. The summed E-state index contributed by atoms with van der Waals surface area (Å²) in [6, 6.07) is 3.97. The van der Waals surface area contributed by atoms with Crippen LogP contribution in [0.2, 0.25) is 0 Å². The summed E-state index contributed by atoms with van der Waals surface area (Å²) in [5.74, 6) is -0.587. The van der Waals surface area contributed by atoms with Crippen molar-refractivity contribution in [3.63, 3.8) is 0 Å². The summed E-state index contributed by atoms with van der Waals surface area (Å²) in [5, 5.41) is 9.19. The number of ether oxygens (including phenoxy) is 2. The number of carbonyl (C=O) groups excluding carboxylic acids is 1. The van der Waals surface area contributed by atoms with Crippen molar-refractivity contribution < 1.29 is 14.3 Å². The Labute approximate surface area is 132 Å². The van der Waals surface area contributed by atoms with Crippen molar-refractivity contribution in [2.45, 2.75) is 41.2 Å². The monoisotopic (exact) mass is 301 g/mol. The Hall–Kier alpha value is -2.12. The van der Waals surface area contributed by atoms with Gasteiger partial charge in [-0.05, 0) is 68.5 Å². The Bertz CT molecular complexity index is 624. The number of esters is 1. The van der Waals surface area contributed by atoms with Gasteiger partial charge in [-0.1, -0.05) is 6.07 Å². The molecule has 0 aliphatic carbocycles. The van der Waals surface area contributed by atoms with Crippen molar-refractivity contribution in [2.75, 3.05) is 13.2 Å². The lowest BCUT2D eigenvalue weighted by molar-refractivity contribution is -0.137. The Kier molecular flexibility index (Phi) is 6.81. The van der Waals surface area contributed by atoms with Gasteiger partial charge in [0.1, 0.15) is 11.6 Å². The van der Waals surface area contributed by atoms with Crippen LogP contribution in [0.25, 0.3) is 6.08 Å². The van der Waals surface area contributed by atoms with Crippen LogP contribution >= 0.6 is 0 Å². The van der Waals surface area contributed by atoms with Gasteiger partial charge in [-0.25, -0.2) is 4.79 Å². The molecule has 0 unspecified atom stereocenters. The van der Waals surface area contributed by atoms with Crippen molar-refractivity contribution in [3.8, 4) is 6.07 Å². The molecule has 0 aliphatic heterocycles. The van der Waals surface area contributed by atoms with E-state index in [1.54, 1.807) is 13.0 Å². The van der Waals surface area contributed by atoms with E-state index < -0.39 is 5.97 Å². The van der Waals surface area contributed by atoms with Crippen LogP contribution in [0.15, 0.2) is 11.6 Å². The van der Waals surface area contributed by atoms with Crippen LogP contribution in [-0.2, 0) is 20.9 Å². The first kappa shape index (κ1) is 17.9. The van der Waals surface area contributed by atoms with Gasteiger partial charge in [0.15, 0.2) is 0 Å². The molecule has 0 saturated carbocycles. The molecule has 0 heterocycles. The number of rotatable bonds is 6. The van der Waals surface area contributed by atoms with Gasteiger partial charge in [0.25, 0.3) is 0 Å². The SMILES string of the molecule is CCOCc1c(C)cc(C)c(/C=C(\C#N)C(=O)OCC)c1C. The number of carbonyl (C=O) groups is 1. The number of hydrogen-bond donors (Lipinski definition) is 0. The van der Waals surface area contributed by atoms with Crippen LogP contribution in [0.1, 0.15) is 41.7 Å². The smallest absolute Gasteiger partial charge is 0.348 e. The maximum Gasteiger partial charge on any atom is 0.348 e. The second-order valence-corrected chi connectivity index (χ2v) is 5.06. The van der Waals surface area contributed by atoms with E-state index in [9.17, 15) is 10.1 Å². The maximum atomic E-state index is 11.8. The van der Waals surface area contributed by atoms with Gasteiger partial charge in [-0.3, -0.25) is 0 Å². The quantitative estimate of drug-likeness (QED) is 0.457. The van der Waals surface area contributed by atoms with Gasteiger partial charge in [-0.15, -0.1) is 0 Å². The lowest BCUT2D eigenvalue weighted by Crippen LogP contribution is -2.07. The van der Waals surface area contributed by atoms with Crippen molar-refractivity contribution in [1.82, 2.24) is 0 Å². The van der Waals surface area contributed by atoms with Crippen LogP contribution in [0.5, 0.6) is 0 Å². The van der Waals surface area contributed by atoms with Crippen LogP contribution in [-0.4, -0.2) is 19.2 Å². The molecule has 0 saturated heterocycles. The van der Waals surface area contributed by atoms with Gasteiger partial charge in [0.2, 0.25) is 0 Å². The fraction of sp³-hybridized carbons (Fsp3) is 0.444. The molecule has 0 N–H and O–H groups in total. The third kappa shape index (κ3) is 4.19. The summed E-state index contributed by atoms with van der Waals surface area (Å²) in [6.07, 6.45) is 1.61.